The number of aliphatic hydroxyl groups is 1. The molecule has 8 heteroatoms. The second-order valence-corrected chi connectivity index (χ2v) is 6.84. The first-order valence-corrected chi connectivity index (χ1v) is 9.66. The maximum Gasteiger partial charge on any atom is 0.251 e. The maximum absolute atomic E-state index is 12.2. The average molecular weight is 402 g/mol. The molecule has 4 aromatic rings. The van der Waals surface area contributed by atoms with E-state index in [1.807, 2.05) is 18.2 Å². The van der Waals surface area contributed by atoms with Crippen molar-refractivity contribution in [3.8, 4) is 5.82 Å². The molecule has 0 aliphatic carbocycles. The zero-order valence-electron chi connectivity index (χ0n) is 16.5. The van der Waals surface area contributed by atoms with Crippen molar-refractivity contribution in [2.24, 2.45) is 0 Å². The van der Waals surface area contributed by atoms with Crippen LogP contribution < -0.4 is 10.6 Å². The Kier molecular flexibility index (Phi) is 5.67. The van der Waals surface area contributed by atoms with Crippen LogP contribution in [0.15, 0.2) is 67.3 Å². The Hall–Kier alpha value is -3.78. The standard InChI is InChI=1S/C22H22N6O2/c1-15(16-5-3-2-4-6-16)26-20-12-23-13-21(27-20)28-14-25-18-8-7-17(11-19(18)28)22(30)24-9-10-29/h2-8,11-15,29H,9-10H2,1H3,(H,24,30)(H,26,27)/t15-/m0/s1. The molecule has 1 atom stereocenters. The fraction of sp³-hybridized carbons (Fsp3) is 0.182. The number of fused-ring (bicyclic) bond motifs is 1. The molecule has 8 nitrogen and oxygen atoms in total. The molecule has 2 aromatic carbocycles. The van der Waals surface area contributed by atoms with Crippen molar-refractivity contribution < 1.29 is 9.90 Å². The zero-order valence-corrected chi connectivity index (χ0v) is 16.5. The van der Waals surface area contributed by atoms with Crippen LogP contribution in [0.3, 0.4) is 0 Å². The van der Waals surface area contributed by atoms with Crippen LogP contribution in [0.4, 0.5) is 5.82 Å². The first-order valence-electron chi connectivity index (χ1n) is 9.66. The molecule has 1 amide bonds. The van der Waals surface area contributed by atoms with Gasteiger partial charge in [-0.2, -0.15) is 0 Å². The second-order valence-electron chi connectivity index (χ2n) is 6.84. The highest BCUT2D eigenvalue weighted by atomic mass is 16.3. The van der Waals surface area contributed by atoms with E-state index in [-0.39, 0.29) is 25.1 Å². The van der Waals surface area contributed by atoms with Gasteiger partial charge in [0.1, 0.15) is 12.1 Å². The molecular formula is C22H22N6O2. The summed E-state index contributed by atoms with van der Waals surface area (Å²) in [7, 11) is 0. The lowest BCUT2D eigenvalue weighted by molar-refractivity contribution is 0.0945. The average Bonchev–Trinajstić information content (AvgIpc) is 3.21. The van der Waals surface area contributed by atoms with Gasteiger partial charge in [0.15, 0.2) is 5.82 Å². The molecule has 0 saturated carbocycles. The van der Waals surface area contributed by atoms with Gasteiger partial charge >= 0.3 is 0 Å². The fourth-order valence-corrected chi connectivity index (χ4v) is 3.19. The molecule has 0 aliphatic rings. The minimum absolute atomic E-state index is 0.0668. The summed E-state index contributed by atoms with van der Waals surface area (Å²) in [5.41, 5.74) is 3.12. The number of aliphatic hydroxyl groups excluding tert-OH is 1. The van der Waals surface area contributed by atoms with E-state index in [0.717, 1.165) is 16.6 Å². The van der Waals surface area contributed by atoms with Crippen LogP contribution in [-0.4, -0.2) is 43.7 Å². The summed E-state index contributed by atoms with van der Waals surface area (Å²) in [6.07, 6.45) is 4.99. The summed E-state index contributed by atoms with van der Waals surface area (Å²) in [6, 6.07) is 15.4. The highest BCUT2D eigenvalue weighted by molar-refractivity contribution is 5.97. The van der Waals surface area contributed by atoms with Crippen molar-refractivity contribution in [1.29, 1.82) is 0 Å². The van der Waals surface area contributed by atoms with Crippen molar-refractivity contribution in [1.82, 2.24) is 24.8 Å². The highest BCUT2D eigenvalue weighted by Gasteiger charge is 2.12. The smallest absolute Gasteiger partial charge is 0.251 e. The van der Waals surface area contributed by atoms with E-state index in [4.69, 9.17) is 5.11 Å². The number of hydrogen-bond acceptors (Lipinski definition) is 6. The predicted molar refractivity (Wildman–Crippen MR) is 115 cm³/mol. The van der Waals surface area contributed by atoms with Gasteiger partial charge in [-0.1, -0.05) is 30.3 Å². The third kappa shape index (κ3) is 4.13. The molecule has 0 spiro atoms. The first-order chi connectivity index (χ1) is 14.7. The number of carbonyl (C=O) groups excluding carboxylic acids is 1. The molecule has 0 radical (unpaired) electrons. The van der Waals surface area contributed by atoms with E-state index in [1.165, 1.54) is 0 Å². The van der Waals surface area contributed by atoms with E-state index in [0.29, 0.717) is 17.2 Å². The van der Waals surface area contributed by atoms with Gasteiger partial charge in [-0.3, -0.25) is 14.3 Å². The number of nitrogens with zero attached hydrogens (tertiary/aromatic N) is 4. The second kappa shape index (κ2) is 8.71. The van der Waals surface area contributed by atoms with Crippen LogP contribution in [0.2, 0.25) is 0 Å². The van der Waals surface area contributed by atoms with Gasteiger partial charge in [0, 0.05) is 18.2 Å². The van der Waals surface area contributed by atoms with Gasteiger partial charge in [0.25, 0.3) is 5.91 Å². The lowest BCUT2D eigenvalue weighted by Gasteiger charge is -2.15. The summed E-state index contributed by atoms with van der Waals surface area (Å²) >= 11 is 0. The van der Waals surface area contributed by atoms with Crippen LogP contribution in [0, 0.1) is 0 Å². The Morgan fingerprint density at radius 3 is 2.80 bits per heavy atom. The molecule has 2 heterocycles. The van der Waals surface area contributed by atoms with Crippen molar-refractivity contribution >= 4 is 22.8 Å². The van der Waals surface area contributed by atoms with Gasteiger partial charge in [-0.05, 0) is 30.7 Å². The number of hydrogen-bond donors (Lipinski definition) is 3. The van der Waals surface area contributed by atoms with Gasteiger partial charge in [-0.15, -0.1) is 0 Å². The third-order valence-electron chi connectivity index (χ3n) is 4.74. The molecular weight excluding hydrogens is 380 g/mol. The minimum atomic E-state index is -0.253. The number of rotatable bonds is 7. The van der Waals surface area contributed by atoms with Gasteiger partial charge in [0.05, 0.1) is 30.0 Å². The molecule has 30 heavy (non-hydrogen) atoms. The molecule has 3 N–H and O–H groups in total. The molecule has 4 rings (SSSR count). The maximum atomic E-state index is 12.2. The van der Waals surface area contributed by atoms with Gasteiger partial charge in [-0.25, -0.2) is 9.97 Å². The molecule has 2 aromatic heterocycles. The highest BCUT2D eigenvalue weighted by Crippen LogP contribution is 2.21. The van der Waals surface area contributed by atoms with Crippen LogP contribution in [-0.2, 0) is 0 Å². The lowest BCUT2D eigenvalue weighted by Crippen LogP contribution is -2.26. The van der Waals surface area contributed by atoms with E-state index < -0.39 is 0 Å². The van der Waals surface area contributed by atoms with Crippen LogP contribution >= 0.6 is 0 Å². The number of benzene rings is 2. The van der Waals surface area contributed by atoms with Gasteiger partial charge in [0.2, 0.25) is 0 Å². The molecule has 0 saturated heterocycles. The van der Waals surface area contributed by atoms with Crippen LogP contribution in [0.1, 0.15) is 28.9 Å². The number of nitrogens with one attached hydrogen (secondary N) is 2. The first kappa shape index (κ1) is 19.5. The molecule has 0 unspecified atom stereocenters. The van der Waals surface area contributed by atoms with Crippen molar-refractivity contribution in [3.05, 3.63) is 78.4 Å². The molecule has 0 fully saturated rings. The Morgan fingerprint density at radius 1 is 1.17 bits per heavy atom. The molecule has 152 valence electrons. The number of imidazole rings is 1. The van der Waals surface area contributed by atoms with Crippen LogP contribution in [0.5, 0.6) is 0 Å². The summed E-state index contributed by atoms with van der Waals surface area (Å²) in [4.78, 5) is 25.6. The number of carbonyl (C=O) groups is 1. The predicted octanol–water partition coefficient (Wildman–Crippen LogP) is 2.71. The Bertz CT molecular complexity index is 1160. The van der Waals surface area contributed by atoms with E-state index in [1.54, 1.807) is 41.5 Å². The Balaban J connectivity index is 1.62. The lowest BCUT2D eigenvalue weighted by atomic mass is 10.1. The number of aromatic nitrogens is 4. The van der Waals surface area contributed by atoms with Crippen molar-refractivity contribution in [2.45, 2.75) is 13.0 Å². The number of amides is 1. The van der Waals surface area contributed by atoms with Crippen LogP contribution in [0.25, 0.3) is 16.9 Å². The summed E-state index contributed by atoms with van der Waals surface area (Å²) in [6.45, 7) is 2.16. The van der Waals surface area contributed by atoms with E-state index in [9.17, 15) is 4.79 Å². The normalized spacial score (nSPS) is 11.9. The zero-order chi connectivity index (χ0) is 20.9. The minimum Gasteiger partial charge on any atom is -0.395 e. The van der Waals surface area contributed by atoms with E-state index in [2.05, 4.69) is 44.6 Å². The Labute approximate surface area is 173 Å². The van der Waals surface area contributed by atoms with Crippen molar-refractivity contribution in [2.75, 3.05) is 18.5 Å². The van der Waals surface area contributed by atoms with E-state index >= 15 is 0 Å². The summed E-state index contributed by atoms with van der Waals surface area (Å²) in [5, 5.41) is 14.9. The summed E-state index contributed by atoms with van der Waals surface area (Å²) < 4.78 is 1.80. The third-order valence-corrected chi connectivity index (χ3v) is 4.74. The largest absolute Gasteiger partial charge is 0.395 e. The van der Waals surface area contributed by atoms with Crippen molar-refractivity contribution in [3.63, 3.8) is 0 Å². The fourth-order valence-electron chi connectivity index (χ4n) is 3.19. The number of anilines is 1. The topological polar surface area (TPSA) is 105 Å². The SMILES string of the molecule is C[C@H](Nc1cncc(-n2cnc3ccc(C(=O)NCCO)cc32)n1)c1ccccc1. The molecule has 0 aliphatic heterocycles. The monoisotopic (exact) mass is 402 g/mol. The Morgan fingerprint density at radius 2 is 2.00 bits per heavy atom. The summed E-state index contributed by atoms with van der Waals surface area (Å²) in [5.74, 6) is 0.982. The van der Waals surface area contributed by atoms with Gasteiger partial charge < -0.3 is 15.7 Å². The quantitative estimate of drug-likeness (QED) is 0.439. The molecule has 0 bridgehead atoms.